The summed E-state index contributed by atoms with van der Waals surface area (Å²) < 4.78 is 0. The lowest BCUT2D eigenvalue weighted by Crippen LogP contribution is -2.23. The number of aliphatic carboxylic acids is 1. The second kappa shape index (κ2) is 9.88. The maximum Gasteiger partial charge on any atom is 0.306 e. The monoisotopic (exact) mass is 376 g/mol. The van der Waals surface area contributed by atoms with Crippen LogP contribution >= 0.6 is 0 Å². The summed E-state index contributed by atoms with van der Waals surface area (Å²) in [7, 11) is 0. The SMILES string of the molecule is O=C(O)C(CCC=C1C[C@@H]2C[C@@H](O)[C@H](C=CCO)[C@H]2C1)C1CCCCCC1. The van der Waals surface area contributed by atoms with Crippen molar-refractivity contribution in [2.75, 3.05) is 6.61 Å². The number of rotatable bonds is 7. The van der Waals surface area contributed by atoms with E-state index in [0.717, 1.165) is 44.9 Å². The molecule has 4 heteroatoms. The number of aliphatic hydroxyl groups excluding tert-OH is 2. The first-order valence-electron chi connectivity index (χ1n) is 11.0. The number of carbonyl (C=O) groups is 1. The fourth-order valence-corrected chi connectivity index (χ4v) is 5.90. The van der Waals surface area contributed by atoms with Crippen molar-refractivity contribution in [1.82, 2.24) is 0 Å². The highest BCUT2D eigenvalue weighted by Crippen LogP contribution is 2.50. The Balaban J connectivity index is 1.53. The van der Waals surface area contributed by atoms with Crippen LogP contribution in [0.25, 0.3) is 0 Å². The van der Waals surface area contributed by atoms with Gasteiger partial charge in [-0.3, -0.25) is 4.79 Å². The van der Waals surface area contributed by atoms with Gasteiger partial charge in [-0.15, -0.1) is 0 Å². The van der Waals surface area contributed by atoms with Crippen molar-refractivity contribution >= 4 is 5.97 Å². The van der Waals surface area contributed by atoms with Crippen LogP contribution in [-0.4, -0.2) is 34.0 Å². The maximum absolute atomic E-state index is 11.8. The average molecular weight is 377 g/mol. The number of carboxylic acids is 1. The third-order valence-electron chi connectivity index (χ3n) is 7.27. The Morgan fingerprint density at radius 1 is 1.15 bits per heavy atom. The summed E-state index contributed by atoms with van der Waals surface area (Å²) >= 11 is 0. The predicted molar refractivity (Wildman–Crippen MR) is 106 cm³/mol. The third kappa shape index (κ3) is 5.23. The van der Waals surface area contributed by atoms with Crippen molar-refractivity contribution < 1.29 is 20.1 Å². The molecule has 3 rings (SSSR count). The van der Waals surface area contributed by atoms with Crippen LogP contribution in [0.2, 0.25) is 0 Å². The molecule has 3 aliphatic rings. The van der Waals surface area contributed by atoms with Gasteiger partial charge >= 0.3 is 5.97 Å². The van der Waals surface area contributed by atoms with Gasteiger partial charge in [0.25, 0.3) is 0 Å². The van der Waals surface area contributed by atoms with Crippen molar-refractivity contribution in [2.45, 2.75) is 76.7 Å². The Morgan fingerprint density at radius 3 is 2.56 bits per heavy atom. The van der Waals surface area contributed by atoms with Crippen LogP contribution in [0.4, 0.5) is 0 Å². The molecule has 0 amide bonds. The highest BCUT2D eigenvalue weighted by Gasteiger charge is 2.44. The van der Waals surface area contributed by atoms with Crippen LogP contribution in [0.1, 0.15) is 70.6 Å². The Morgan fingerprint density at radius 2 is 1.89 bits per heavy atom. The van der Waals surface area contributed by atoms with Gasteiger partial charge in [-0.1, -0.05) is 49.5 Å². The Bertz CT molecular complexity index is 545. The van der Waals surface area contributed by atoms with Crippen LogP contribution in [0.3, 0.4) is 0 Å². The summed E-state index contributed by atoms with van der Waals surface area (Å²) in [5, 5.41) is 29.0. The van der Waals surface area contributed by atoms with Crippen LogP contribution in [0.5, 0.6) is 0 Å². The van der Waals surface area contributed by atoms with Crippen LogP contribution in [0.15, 0.2) is 23.8 Å². The molecule has 0 radical (unpaired) electrons. The number of carboxylic acid groups (broad SMARTS) is 1. The van der Waals surface area contributed by atoms with E-state index in [4.69, 9.17) is 5.11 Å². The van der Waals surface area contributed by atoms with E-state index in [1.54, 1.807) is 6.08 Å². The van der Waals surface area contributed by atoms with Gasteiger partial charge in [0.2, 0.25) is 0 Å². The number of aliphatic hydroxyl groups is 2. The zero-order chi connectivity index (χ0) is 19.2. The molecular weight excluding hydrogens is 340 g/mol. The van der Waals surface area contributed by atoms with Gasteiger partial charge in [0.15, 0.2) is 0 Å². The molecule has 3 fully saturated rings. The first-order chi connectivity index (χ1) is 13.1. The van der Waals surface area contributed by atoms with Crippen molar-refractivity contribution in [1.29, 1.82) is 0 Å². The molecule has 3 N–H and O–H groups in total. The van der Waals surface area contributed by atoms with Crippen LogP contribution < -0.4 is 0 Å². The summed E-state index contributed by atoms with van der Waals surface area (Å²) in [5.74, 6) is 0.729. The lowest BCUT2D eigenvalue weighted by molar-refractivity contribution is -0.144. The number of allylic oxidation sites excluding steroid dienone is 2. The predicted octanol–water partition coefficient (Wildman–Crippen LogP) is 4.32. The minimum Gasteiger partial charge on any atom is -0.481 e. The fourth-order valence-electron chi connectivity index (χ4n) is 5.90. The Labute approximate surface area is 163 Å². The standard InChI is InChI=1S/C23H36O4/c24-12-6-11-20-21-14-16(13-18(21)15-22(20)25)7-5-10-19(23(26)27)17-8-3-1-2-4-9-17/h6-7,11,17-22,24-25H,1-5,8-10,12-15H2,(H,26,27)/t18-,19?,20-,21+,22-/m1/s1. The quantitative estimate of drug-likeness (QED) is 0.457. The number of hydrogen-bond donors (Lipinski definition) is 3. The topological polar surface area (TPSA) is 77.8 Å². The van der Waals surface area contributed by atoms with Gasteiger partial charge in [-0.25, -0.2) is 0 Å². The normalized spacial score (nSPS) is 34.8. The average Bonchev–Trinajstić information content (AvgIpc) is 3.00. The molecule has 0 aromatic heterocycles. The summed E-state index contributed by atoms with van der Waals surface area (Å²) in [4.78, 5) is 11.8. The molecule has 1 unspecified atom stereocenters. The van der Waals surface area contributed by atoms with Crippen molar-refractivity contribution in [3.05, 3.63) is 23.8 Å². The van der Waals surface area contributed by atoms with Crippen molar-refractivity contribution in [3.63, 3.8) is 0 Å². The van der Waals surface area contributed by atoms with E-state index in [9.17, 15) is 15.0 Å². The highest BCUT2D eigenvalue weighted by atomic mass is 16.4. The van der Waals surface area contributed by atoms with Gasteiger partial charge in [-0.05, 0) is 62.7 Å². The highest BCUT2D eigenvalue weighted by molar-refractivity contribution is 5.70. The van der Waals surface area contributed by atoms with Gasteiger partial charge in [0.1, 0.15) is 0 Å². The van der Waals surface area contributed by atoms with E-state index in [1.165, 1.54) is 31.3 Å². The third-order valence-corrected chi connectivity index (χ3v) is 7.27. The molecule has 0 saturated heterocycles. The molecule has 0 aromatic rings. The molecule has 0 bridgehead atoms. The molecule has 0 heterocycles. The van der Waals surface area contributed by atoms with Crippen LogP contribution in [-0.2, 0) is 4.79 Å². The molecule has 27 heavy (non-hydrogen) atoms. The summed E-state index contributed by atoms with van der Waals surface area (Å²) in [6.45, 7) is 0.0288. The van der Waals surface area contributed by atoms with E-state index in [2.05, 4.69) is 6.08 Å². The van der Waals surface area contributed by atoms with Gasteiger partial charge in [-0.2, -0.15) is 0 Å². The lowest BCUT2D eigenvalue weighted by atomic mass is 9.83. The zero-order valence-electron chi connectivity index (χ0n) is 16.4. The van der Waals surface area contributed by atoms with E-state index in [1.807, 2.05) is 6.08 Å². The smallest absolute Gasteiger partial charge is 0.306 e. The second-order valence-electron chi connectivity index (χ2n) is 8.96. The molecule has 0 aromatic carbocycles. The van der Waals surface area contributed by atoms with Crippen molar-refractivity contribution in [2.24, 2.45) is 29.6 Å². The van der Waals surface area contributed by atoms with E-state index >= 15 is 0 Å². The lowest BCUT2D eigenvalue weighted by Gasteiger charge is -2.22. The summed E-state index contributed by atoms with van der Waals surface area (Å²) in [5.41, 5.74) is 1.45. The van der Waals surface area contributed by atoms with E-state index in [0.29, 0.717) is 17.8 Å². The minimum atomic E-state index is -0.610. The van der Waals surface area contributed by atoms with E-state index < -0.39 is 5.97 Å². The van der Waals surface area contributed by atoms with Crippen molar-refractivity contribution in [3.8, 4) is 0 Å². The largest absolute Gasteiger partial charge is 0.481 e. The van der Waals surface area contributed by atoms with Crippen LogP contribution in [0, 0.1) is 29.6 Å². The summed E-state index contributed by atoms with van der Waals surface area (Å²) in [6, 6.07) is 0. The van der Waals surface area contributed by atoms with E-state index in [-0.39, 0.29) is 24.5 Å². The summed E-state index contributed by atoms with van der Waals surface area (Å²) in [6.07, 6.45) is 17.3. The first-order valence-corrected chi connectivity index (χ1v) is 11.0. The van der Waals surface area contributed by atoms with Gasteiger partial charge in [0.05, 0.1) is 18.6 Å². The Hall–Kier alpha value is -1.13. The molecule has 4 nitrogen and oxygen atoms in total. The van der Waals surface area contributed by atoms with Gasteiger partial charge in [0, 0.05) is 5.92 Å². The molecule has 5 atom stereocenters. The first kappa shape index (κ1) is 20.6. The molecule has 0 spiro atoms. The van der Waals surface area contributed by atoms with Gasteiger partial charge < -0.3 is 15.3 Å². The molecular formula is C23H36O4. The molecule has 3 aliphatic carbocycles. The zero-order valence-corrected chi connectivity index (χ0v) is 16.4. The number of fused-ring (bicyclic) bond motifs is 1. The minimum absolute atomic E-state index is 0.0288. The second-order valence-corrected chi connectivity index (χ2v) is 8.96. The molecule has 152 valence electrons. The molecule has 3 saturated carbocycles. The maximum atomic E-state index is 11.8. The fraction of sp³-hybridized carbons (Fsp3) is 0.783. The number of hydrogen-bond acceptors (Lipinski definition) is 3. The Kier molecular flexibility index (Phi) is 7.54. The molecule has 0 aliphatic heterocycles.